The van der Waals surface area contributed by atoms with Crippen LogP contribution in [0.1, 0.15) is 36.8 Å². The van der Waals surface area contributed by atoms with E-state index in [2.05, 4.69) is 35.5 Å². The van der Waals surface area contributed by atoms with Crippen molar-refractivity contribution in [2.45, 2.75) is 42.8 Å². The lowest BCUT2D eigenvalue weighted by Gasteiger charge is -2.15. The van der Waals surface area contributed by atoms with E-state index < -0.39 is 6.09 Å². The van der Waals surface area contributed by atoms with Crippen LogP contribution in [-0.4, -0.2) is 20.6 Å². The topological polar surface area (TPSA) is 83.0 Å². The molecule has 0 saturated heterocycles. The lowest BCUT2D eigenvalue weighted by Crippen LogP contribution is -2.16. The minimum atomic E-state index is -0.808. The summed E-state index contributed by atoms with van der Waals surface area (Å²) in [5.74, 6) is 0.917. The maximum Gasteiger partial charge on any atom is 0.404 e. The molecule has 0 unspecified atom stereocenters. The first-order valence-corrected chi connectivity index (χ1v) is 9.49. The number of pyridine rings is 1. The van der Waals surface area contributed by atoms with Crippen LogP contribution in [0, 0.1) is 0 Å². The van der Waals surface area contributed by atoms with Crippen LogP contribution in [0.25, 0.3) is 0 Å². The fourth-order valence-electron chi connectivity index (χ4n) is 2.82. The zero-order valence-electron chi connectivity index (χ0n) is 15.3. The number of hydrogen-bond acceptors (Lipinski definition) is 5. The molecule has 0 radical (unpaired) electrons. The Balaban J connectivity index is 2.02. The summed E-state index contributed by atoms with van der Waals surface area (Å²) in [6.07, 6.45) is 2.72. The number of nitrogens with zero attached hydrogens (tertiary/aromatic N) is 3. The van der Waals surface area contributed by atoms with Crippen molar-refractivity contribution in [2.75, 3.05) is 0 Å². The minimum absolute atomic E-state index is 0.0372. The van der Waals surface area contributed by atoms with Crippen LogP contribution < -0.4 is 5.73 Å². The molecule has 1 aromatic carbocycles. The van der Waals surface area contributed by atoms with E-state index in [-0.39, 0.29) is 12.5 Å². The zero-order chi connectivity index (χ0) is 19.2. The third-order valence-corrected chi connectivity index (χ3v) is 4.99. The normalized spacial score (nSPS) is 10.9. The standard InChI is InChI=1S/C20H22N4O2S/c1-14(2)18-19(27-16-6-4-3-5-7-16)23-17(13-26-20(21)25)24(18)12-15-8-10-22-11-9-15/h3-11,14H,12-13H2,1-2H3,(H2,21,25). The second kappa shape index (κ2) is 8.73. The van der Waals surface area contributed by atoms with Crippen molar-refractivity contribution < 1.29 is 9.53 Å². The van der Waals surface area contributed by atoms with Crippen LogP contribution in [0.4, 0.5) is 4.79 Å². The molecule has 1 amide bonds. The molecular weight excluding hydrogens is 360 g/mol. The number of nitrogens with two attached hydrogens (primary N) is 1. The molecule has 0 aliphatic heterocycles. The molecule has 0 bridgehead atoms. The number of rotatable bonds is 7. The summed E-state index contributed by atoms with van der Waals surface area (Å²) in [5.41, 5.74) is 7.36. The first kappa shape index (κ1) is 19.0. The van der Waals surface area contributed by atoms with E-state index in [1.165, 1.54) is 0 Å². The lowest BCUT2D eigenvalue weighted by molar-refractivity contribution is 0.146. The van der Waals surface area contributed by atoms with E-state index in [4.69, 9.17) is 15.5 Å². The molecule has 2 heterocycles. The Hall–Kier alpha value is -2.80. The van der Waals surface area contributed by atoms with Gasteiger partial charge in [0.1, 0.15) is 10.9 Å². The summed E-state index contributed by atoms with van der Waals surface area (Å²) in [6.45, 7) is 4.92. The Morgan fingerprint density at radius 2 is 1.89 bits per heavy atom. The average molecular weight is 382 g/mol. The van der Waals surface area contributed by atoms with Gasteiger partial charge in [-0.15, -0.1) is 0 Å². The molecule has 3 rings (SSSR count). The molecule has 0 spiro atoms. The molecule has 140 valence electrons. The first-order valence-electron chi connectivity index (χ1n) is 8.68. The largest absolute Gasteiger partial charge is 0.442 e. The van der Waals surface area contributed by atoms with Gasteiger partial charge in [0, 0.05) is 23.8 Å². The molecule has 27 heavy (non-hydrogen) atoms. The Morgan fingerprint density at radius 1 is 1.19 bits per heavy atom. The number of ether oxygens (including phenoxy) is 1. The van der Waals surface area contributed by atoms with Crippen LogP contribution in [0.5, 0.6) is 0 Å². The van der Waals surface area contributed by atoms with E-state index in [9.17, 15) is 4.79 Å². The SMILES string of the molecule is CC(C)c1c(Sc2ccccc2)nc(COC(N)=O)n1Cc1ccncc1. The van der Waals surface area contributed by atoms with E-state index in [0.29, 0.717) is 12.4 Å². The number of amides is 1. The van der Waals surface area contributed by atoms with Gasteiger partial charge in [-0.25, -0.2) is 9.78 Å². The molecule has 3 aromatic rings. The molecule has 2 aromatic heterocycles. The van der Waals surface area contributed by atoms with Gasteiger partial charge < -0.3 is 15.0 Å². The smallest absolute Gasteiger partial charge is 0.404 e. The predicted molar refractivity (Wildman–Crippen MR) is 105 cm³/mol. The number of carbonyl (C=O) groups excluding carboxylic acids is 1. The highest BCUT2D eigenvalue weighted by molar-refractivity contribution is 7.99. The van der Waals surface area contributed by atoms with E-state index in [1.54, 1.807) is 24.2 Å². The van der Waals surface area contributed by atoms with Crippen LogP contribution in [0.2, 0.25) is 0 Å². The second-order valence-electron chi connectivity index (χ2n) is 6.34. The molecular formula is C20H22N4O2S. The number of benzene rings is 1. The van der Waals surface area contributed by atoms with Crippen LogP contribution in [0.3, 0.4) is 0 Å². The molecule has 0 atom stereocenters. The van der Waals surface area contributed by atoms with Crippen molar-refractivity contribution >= 4 is 17.9 Å². The summed E-state index contributed by atoms with van der Waals surface area (Å²) in [4.78, 5) is 21.1. The first-order chi connectivity index (χ1) is 13.0. The second-order valence-corrected chi connectivity index (χ2v) is 7.40. The van der Waals surface area contributed by atoms with Crippen molar-refractivity contribution in [3.8, 4) is 0 Å². The molecule has 6 nitrogen and oxygen atoms in total. The Labute approximate surface area is 162 Å². The van der Waals surface area contributed by atoms with Crippen molar-refractivity contribution in [2.24, 2.45) is 5.73 Å². The monoisotopic (exact) mass is 382 g/mol. The van der Waals surface area contributed by atoms with Gasteiger partial charge >= 0.3 is 6.09 Å². The van der Waals surface area contributed by atoms with E-state index in [1.807, 2.05) is 30.3 Å². The molecule has 0 aliphatic carbocycles. The maximum absolute atomic E-state index is 11.1. The van der Waals surface area contributed by atoms with Gasteiger partial charge in [0.05, 0.1) is 5.69 Å². The quantitative estimate of drug-likeness (QED) is 0.662. The van der Waals surface area contributed by atoms with Crippen LogP contribution in [-0.2, 0) is 17.9 Å². The van der Waals surface area contributed by atoms with Gasteiger partial charge in [-0.1, -0.05) is 43.8 Å². The zero-order valence-corrected chi connectivity index (χ0v) is 16.1. The summed E-state index contributed by atoms with van der Waals surface area (Å²) < 4.78 is 7.14. The Bertz CT molecular complexity index is 895. The molecule has 2 N–H and O–H groups in total. The maximum atomic E-state index is 11.1. The molecule has 0 fully saturated rings. The van der Waals surface area contributed by atoms with E-state index >= 15 is 0 Å². The van der Waals surface area contributed by atoms with Gasteiger partial charge in [-0.05, 0) is 35.7 Å². The third-order valence-electron chi connectivity index (χ3n) is 3.99. The summed E-state index contributed by atoms with van der Waals surface area (Å²) >= 11 is 1.61. The van der Waals surface area contributed by atoms with Crippen molar-refractivity contribution in [1.29, 1.82) is 0 Å². The van der Waals surface area contributed by atoms with Crippen LogP contribution in [0.15, 0.2) is 64.8 Å². The lowest BCUT2D eigenvalue weighted by atomic mass is 10.1. The van der Waals surface area contributed by atoms with Gasteiger partial charge in [-0.2, -0.15) is 0 Å². The number of carbonyl (C=O) groups is 1. The highest BCUT2D eigenvalue weighted by Crippen LogP contribution is 2.34. The third kappa shape index (κ3) is 4.89. The van der Waals surface area contributed by atoms with Crippen molar-refractivity contribution in [3.63, 3.8) is 0 Å². The van der Waals surface area contributed by atoms with Gasteiger partial charge in [0.2, 0.25) is 0 Å². The van der Waals surface area contributed by atoms with Gasteiger partial charge in [-0.3, -0.25) is 4.98 Å². The Morgan fingerprint density at radius 3 is 2.52 bits per heavy atom. The molecule has 7 heteroatoms. The average Bonchev–Trinajstić information content (AvgIpc) is 2.98. The van der Waals surface area contributed by atoms with Crippen LogP contribution >= 0.6 is 11.8 Å². The van der Waals surface area contributed by atoms with E-state index in [0.717, 1.165) is 21.2 Å². The summed E-state index contributed by atoms with van der Waals surface area (Å²) in [5, 5.41) is 0.910. The van der Waals surface area contributed by atoms with Gasteiger partial charge in [0.25, 0.3) is 0 Å². The summed E-state index contributed by atoms with van der Waals surface area (Å²) in [7, 11) is 0. The molecule has 0 saturated carbocycles. The summed E-state index contributed by atoms with van der Waals surface area (Å²) in [6, 6.07) is 14.0. The minimum Gasteiger partial charge on any atom is -0.442 e. The highest BCUT2D eigenvalue weighted by Gasteiger charge is 2.21. The fraction of sp³-hybridized carbons (Fsp3) is 0.250. The molecule has 0 aliphatic rings. The number of imidazole rings is 1. The van der Waals surface area contributed by atoms with Crippen molar-refractivity contribution in [1.82, 2.24) is 14.5 Å². The number of aromatic nitrogens is 3. The van der Waals surface area contributed by atoms with Gasteiger partial charge in [0.15, 0.2) is 6.61 Å². The highest BCUT2D eigenvalue weighted by atomic mass is 32.2. The Kier molecular flexibility index (Phi) is 6.13. The number of primary amides is 1. The fourth-order valence-corrected chi connectivity index (χ4v) is 3.93. The number of hydrogen-bond donors (Lipinski definition) is 1. The van der Waals surface area contributed by atoms with Crippen molar-refractivity contribution in [3.05, 3.63) is 71.9 Å². The predicted octanol–water partition coefficient (Wildman–Crippen LogP) is 4.20.